The van der Waals surface area contributed by atoms with Crippen molar-refractivity contribution in [2.75, 3.05) is 6.54 Å². The zero-order valence-corrected chi connectivity index (χ0v) is 13.1. The zero-order valence-electron chi connectivity index (χ0n) is 13.1. The predicted molar refractivity (Wildman–Crippen MR) is 80.7 cm³/mol. The second-order valence-electron chi connectivity index (χ2n) is 6.40. The minimum atomic E-state index is -0.791. The fraction of sp³-hybridized carbons (Fsp3) is 0.647. The molecule has 1 aromatic carbocycles. The molecule has 0 aliphatic heterocycles. The third-order valence-electron chi connectivity index (χ3n) is 3.79. The largest absolute Gasteiger partial charge is 0.310 e. The predicted octanol–water partition coefficient (Wildman–Crippen LogP) is 5.22. The quantitative estimate of drug-likeness (QED) is 0.645. The molecule has 0 radical (unpaired) electrons. The van der Waals surface area contributed by atoms with Gasteiger partial charge < -0.3 is 5.32 Å². The first-order chi connectivity index (χ1) is 9.35. The Bertz CT molecular complexity index is 415. The van der Waals surface area contributed by atoms with E-state index in [9.17, 15) is 8.78 Å². The summed E-state index contributed by atoms with van der Waals surface area (Å²) < 4.78 is 26.1. The van der Waals surface area contributed by atoms with E-state index < -0.39 is 11.6 Å². The molecule has 0 fully saturated rings. The Morgan fingerprint density at radius 2 is 1.85 bits per heavy atom. The van der Waals surface area contributed by atoms with Crippen molar-refractivity contribution < 1.29 is 8.78 Å². The van der Waals surface area contributed by atoms with Crippen molar-refractivity contribution in [3.05, 3.63) is 35.4 Å². The number of halogens is 2. The van der Waals surface area contributed by atoms with Crippen molar-refractivity contribution >= 4 is 0 Å². The maximum atomic E-state index is 13.2. The summed E-state index contributed by atoms with van der Waals surface area (Å²) in [5, 5.41) is 3.42. The van der Waals surface area contributed by atoms with Crippen molar-refractivity contribution in [3.8, 4) is 0 Å². The standard InChI is InChI=1S/C17H27F2N/c1-5-6-7-10-17(3,4)12-20-13(2)14-8-9-15(18)16(19)11-14/h8-9,11,13,20H,5-7,10,12H2,1-4H3. The third-order valence-corrected chi connectivity index (χ3v) is 3.79. The molecule has 1 nitrogen and oxygen atoms in total. The summed E-state index contributed by atoms with van der Waals surface area (Å²) >= 11 is 0. The Labute approximate surface area is 121 Å². The summed E-state index contributed by atoms with van der Waals surface area (Å²) in [4.78, 5) is 0. The topological polar surface area (TPSA) is 12.0 Å². The van der Waals surface area contributed by atoms with Crippen LogP contribution in [0.3, 0.4) is 0 Å². The third kappa shape index (κ3) is 5.58. The molecule has 1 N–H and O–H groups in total. The van der Waals surface area contributed by atoms with E-state index in [0.717, 1.165) is 12.1 Å². The molecule has 0 aliphatic rings. The van der Waals surface area contributed by atoms with Crippen molar-refractivity contribution in [3.63, 3.8) is 0 Å². The second kappa shape index (κ2) is 7.72. The van der Waals surface area contributed by atoms with E-state index in [4.69, 9.17) is 0 Å². The van der Waals surface area contributed by atoms with Crippen LogP contribution in [-0.4, -0.2) is 6.54 Å². The molecule has 0 spiro atoms. The monoisotopic (exact) mass is 283 g/mol. The number of hydrogen-bond acceptors (Lipinski definition) is 1. The first-order valence-electron chi connectivity index (χ1n) is 7.54. The molecule has 0 saturated carbocycles. The van der Waals surface area contributed by atoms with Gasteiger partial charge in [0.15, 0.2) is 11.6 Å². The molecule has 20 heavy (non-hydrogen) atoms. The molecule has 3 heteroatoms. The average molecular weight is 283 g/mol. The molecular formula is C17H27F2N. The van der Waals surface area contributed by atoms with Gasteiger partial charge in [-0.15, -0.1) is 0 Å². The van der Waals surface area contributed by atoms with Crippen molar-refractivity contribution in [2.24, 2.45) is 5.41 Å². The molecule has 114 valence electrons. The molecule has 0 heterocycles. The van der Waals surface area contributed by atoms with E-state index in [-0.39, 0.29) is 11.5 Å². The number of hydrogen-bond donors (Lipinski definition) is 1. The van der Waals surface area contributed by atoms with E-state index >= 15 is 0 Å². The highest BCUT2D eigenvalue weighted by Crippen LogP contribution is 2.24. The van der Waals surface area contributed by atoms with Crippen LogP contribution in [0.1, 0.15) is 65.0 Å². The van der Waals surface area contributed by atoms with Crippen molar-refractivity contribution in [1.82, 2.24) is 5.32 Å². The van der Waals surface area contributed by atoms with Crippen LogP contribution >= 0.6 is 0 Å². The van der Waals surface area contributed by atoms with Crippen molar-refractivity contribution in [2.45, 2.75) is 59.4 Å². The summed E-state index contributed by atoms with van der Waals surface area (Å²) in [6.45, 7) is 9.54. The summed E-state index contributed by atoms with van der Waals surface area (Å²) in [5.41, 5.74) is 1.01. The van der Waals surface area contributed by atoms with Crippen LogP contribution in [0, 0.1) is 17.0 Å². The van der Waals surface area contributed by atoms with Gasteiger partial charge in [-0.25, -0.2) is 8.78 Å². The van der Waals surface area contributed by atoms with Gasteiger partial charge in [0.1, 0.15) is 0 Å². The number of unbranched alkanes of at least 4 members (excludes halogenated alkanes) is 2. The van der Waals surface area contributed by atoms with Gasteiger partial charge in [0.25, 0.3) is 0 Å². The van der Waals surface area contributed by atoms with E-state index in [1.54, 1.807) is 6.07 Å². The minimum absolute atomic E-state index is 0.0237. The second-order valence-corrected chi connectivity index (χ2v) is 6.40. The summed E-state index contributed by atoms with van der Waals surface area (Å²) in [6.07, 6.45) is 4.92. The first-order valence-corrected chi connectivity index (χ1v) is 7.54. The van der Waals surface area contributed by atoms with Crippen LogP contribution in [-0.2, 0) is 0 Å². The van der Waals surface area contributed by atoms with E-state index in [0.29, 0.717) is 0 Å². The molecule has 0 aliphatic carbocycles. The number of nitrogens with one attached hydrogen (secondary N) is 1. The molecule has 1 atom stereocenters. The average Bonchev–Trinajstić information content (AvgIpc) is 2.39. The molecule has 1 aromatic rings. The zero-order chi connectivity index (χ0) is 15.2. The Balaban J connectivity index is 2.49. The van der Waals surface area contributed by atoms with Gasteiger partial charge in [-0.2, -0.15) is 0 Å². The van der Waals surface area contributed by atoms with Crippen LogP contribution in [0.15, 0.2) is 18.2 Å². The van der Waals surface area contributed by atoms with Gasteiger partial charge in [-0.1, -0.05) is 46.1 Å². The smallest absolute Gasteiger partial charge is 0.159 e. The molecule has 0 aromatic heterocycles. The highest BCUT2D eigenvalue weighted by Gasteiger charge is 2.18. The maximum Gasteiger partial charge on any atom is 0.159 e. The van der Waals surface area contributed by atoms with E-state index in [1.165, 1.54) is 37.8 Å². The number of rotatable bonds is 8. The summed E-state index contributed by atoms with van der Waals surface area (Å²) in [6, 6.07) is 4.13. The lowest BCUT2D eigenvalue weighted by Crippen LogP contribution is -2.31. The summed E-state index contributed by atoms with van der Waals surface area (Å²) in [5.74, 6) is -1.57. The lowest BCUT2D eigenvalue weighted by molar-refractivity contribution is 0.290. The summed E-state index contributed by atoms with van der Waals surface area (Å²) in [7, 11) is 0. The fourth-order valence-corrected chi connectivity index (χ4v) is 2.27. The van der Waals surface area contributed by atoms with Gasteiger partial charge in [0.05, 0.1) is 0 Å². The van der Waals surface area contributed by atoms with Crippen LogP contribution in [0.25, 0.3) is 0 Å². The fourth-order valence-electron chi connectivity index (χ4n) is 2.27. The Kier molecular flexibility index (Phi) is 6.60. The highest BCUT2D eigenvalue weighted by molar-refractivity contribution is 5.20. The van der Waals surface area contributed by atoms with Crippen LogP contribution in [0.2, 0.25) is 0 Å². The molecule has 0 amide bonds. The first kappa shape index (κ1) is 17.1. The molecule has 0 saturated heterocycles. The number of benzene rings is 1. The van der Waals surface area contributed by atoms with Gasteiger partial charge in [0, 0.05) is 12.6 Å². The Morgan fingerprint density at radius 3 is 2.45 bits per heavy atom. The van der Waals surface area contributed by atoms with Crippen LogP contribution < -0.4 is 5.32 Å². The normalized spacial score (nSPS) is 13.5. The van der Waals surface area contributed by atoms with Crippen LogP contribution in [0.5, 0.6) is 0 Å². The van der Waals surface area contributed by atoms with E-state index in [1.807, 2.05) is 6.92 Å². The van der Waals surface area contributed by atoms with E-state index in [2.05, 4.69) is 26.1 Å². The molecule has 1 unspecified atom stereocenters. The molecule has 1 rings (SSSR count). The van der Waals surface area contributed by atoms with Gasteiger partial charge >= 0.3 is 0 Å². The van der Waals surface area contributed by atoms with Gasteiger partial charge in [-0.05, 0) is 36.5 Å². The van der Waals surface area contributed by atoms with Crippen LogP contribution in [0.4, 0.5) is 8.78 Å². The Morgan fingerprint density at radius 1 is 1.15 bits per heavy atom. The molecule has 0 bridgehead atoms. The maximum absolute atomic E-state index is 13.2. The van der Waals surface area contributed by atoms with Gasteiger partial charge in [0.2, 0.25) is 0 Å². The lowest BCUT2D eigenvalue weighted by atomic mass is 9.86. The molecular weight excluding hydrogens is 256 g/mol. The minimum Gasteiger partial charge on any atom is -0.310 e. The highest BCUT2D eigenvalue weighted by atomic mass is 19.2. The lowest BCUT2D eigenvalue weighted by Gasteiger charge is -2.27. The Hall–Kier alpha value is -0.960. The van der Waals surface area contributed by atoms with Crippen molar-refractivity contribution in [1.29, 1.82) is 0 Å². The van der Waals surface area contributed by atoms with Gasteiger partial charge in [-0.3, -0.25) is 0 Å². The SMILES string of the molecule is CCCCCC(C)(C)CNC(C)c1ccc(F)c(F)c1.